The number of Topliss-reactive ketones (excluding diaryl/α,β-unsaturated/α-hetero) is 4. The molecule has 1 aliphatic carbocycles. The number of esters is 1. The Morgan fingerprint density at radius 3 is 0.882 bits per heavy atom. The van der Waals surface area contributed by atoms with Gasteiger partial charge in [0.2, 0.25) is 0 Å². The molecule has 0 heterocycles. The van der Waals surface area contributed by atoms with E-state index in [4.69, 9.17) is 23.7 Å². The number of hydrogen-bond acceptors (Lipinski definition) is 13. The zero-order valence-electron chi connectivity index (χ0n) is 44.5. The monoisotopic (exact) mass is 1030 g/mol. The van der Waals surface area contributed by atoms with Crippen molar-refractivity contribution in [3.05, 3.63) is 127 Å². The van der Waals surface area contributed by atoms with Crippen molar-refractivity contribution in [2.75, 3.05) is 33.0 Å². The summed E-state index contributed by atoms with van der Waals surface area (Å²) in [6, 6.07) is 21.1. The van der Waals surface area contributed by atoms with Crippen LogP contribution in [0.1, 0.15) is 218 Å². The Balaban J connectivity index is 0.0000125. The summed E-state index contributed by atoms with van der Waals surface area (Å²) in [5, 5.41) is 28.6. The number of nitriles is 3. The number of hydrogen-bond donors (Lipinski definition) is 0. The molecule has 0 atom stereocenters. The van der Waals surface area contributed by atoms with Crippen molar-refractivity contribution in [3.63, 3.8) is 0 Å². The van der Waals surface area contributed by atoms with Crippen molar-refractivity contribution >= 4 is 29.1 Å². The van der Waals surface area contributed by atoms with Gasteiger partial charge in [0.15, 0.2) is 23.1 Å². The molecule has 13 heteroatoms. The van der Waals surface area contributed by atoms with E-state index >= 15 is 0 Å². The topological polar surface area (TPSA) is 203 Å². The Morgan fingerprint density at radius 2 is 0.671 bits per heavy atom. The summed E-state index contributed by atoms with van der Waals surface area (Å²) in [4.78, 5) is 69.2. The average Bonchev–Trinajstić information content (AvgIpc) is 3.38. The lowest BCUT2D eigenvalue weighted by Gasteiger charge is -2.24. The number of benzene rings is 4. The van der Waals surface area contributed by atoms with Gasteiger partial charge >= 0.3 is 5.97 Å². The van der Waals surface area contributed by atoms with Gasteiger partial charge in [-0.25, -0.2) is 4.79 Å². The van der Waals surface area contributed by atoms with E-state index in [1.54, 1.807) is 19.1 Å². The van der Waals surface area contributed by atoms with Gasteiger partial charge in [0, 0.05) is 98.5 Å². The highest BCUT2D eigenvalue weighted by molar-refractivity contribution is 5.99. The highest BCUT2D eigenvalue weighted by Crippen LogP contribution is 2.42. The van der Waals surface area contributed by atoms with Crippen LogP contribution in [0, 0.1) is 34.0 Å². The maximum absolute atomic E-state index is 14.2. The average molecular weight is 1030 g/mol. The molecular formula is C63H75N3O10. The summed E-state index contributed by atoms with van der Waals surface area (Å²) < 4.78 is 32.4. The van der Waals surface area contributed by atoms with Crippen molar-refractivity contribution in [2.24, 2.45) is 0 Å². The van der Waals surface area contributed by atoms with Gasteiger partial charge in [-0.3, -0.25) is 19.2 Å². The van der Waals surface area contributed by atoms with Gasteiger partial charge in [0.25, 0.3) is 0 Å². The molecule has 13 nitrogen and oxygen atoms in total. The molecule has 8 bridgehead atoms. The Hall–Kier alpha value is -7.56. The number of carbonyl (C=O) groups excluding carboxylic acids is 5. The molecule has 0 unspecified atom stereocenters. The van der Waals surface area contributed by atoms with Crippen molar-refractivity contribution in [2.45, 2.75) is 158 Å². The minimum Gasteiger partial charge on any atom is -0.493 e. The lowest BCUT2D eigenvalue weighted by atomic mass is 9.86. The molecule has 0 saturated heterocycles. The summed E-state index contributed by atoms with van der Waals surface area (Å²) in [5.41, 5.74) is 6.81. The lowest BCUT2D eigenvalue weighted by molar-refractivity contribution is -0.139. The highest BCUT2D eigenvalue weighted by atomic mass is 16.6. The lowest BCUT2D eigenvalue weighted by Crippen LogP contribution is -2.16. The number of nitrogens with zero attached hydrogens (tertiary/aromatic N) is 3. The first-order chi connectivity index (χ1) is 36.3. The van der Waals surface area contributed by atoms with Crippen LogP contribution in [0.4, 0.5) is 0 Å². The molecule has 0 N–H and O–H groups in total. The highest BCUT2D eigenvalue weighted by Gasteiger charge is 2.27. The van der Waals surface area contributed by atoms with Gasteiger partial charge in [-0.2, -0.15) is 15.8 Å². The van der Waals surface area contributed by atoms with Crippen molar-refractivity contribution < 1.29 is 47.7 Å². The van der Waals surface area contributed by atoms with Crippen LogP contribution in [0.3, 0.4) is 0 Å². The number of carbonyl (C=O) groups is 5. The third-order valence-electron chi connectivity index (χ3n) is 12.6. The molecular weight excluding hydrogens is 959 g/mol. The van der Waals surface area contributed by atoms with Gasteiger partial charge in [-0.1, -0.05) is 41.7 Å². The van der Waals surface area contributed by atoms with Crippen LogP contribution in [0.2, 0.25) is 0 Å². The van der Waals surface area contributed by atoms with Gasteiger partial charge in [-0.05, 0) is 145 Å². The smallest absolute Gasteiger partial charge is 0.333 e. The van der Waals surface area contributed by atoms with Crippen LogP contribution in [-0.2, 0) is 35.2 Å². The van der Waals surface area contributed by atoms with Crippen LogP contribution in [-0.4, -0.2) is 62.1 Å². The Labute approximate surface area is 450 Å². The molecule has 0 saturated carbocycles. The fourth-order valence-corrected chi connectivity index (χ4v) is 9.14. The SMILES string of the molecule is C.C=C(C)C(=O)OCCOc1c2cc(C(=O)CCC)cc1Cc1cc(C(=O)CCC)cc(c1OCCCC#N)Cc1cc(C(=O)CCC)cc(c1OCCCC#N)Cc1cc(C(=O)CCC)cc(c1OCCCC#N)C2. The van der Waals surface area contributed by atoms with E-state index < -0.39 is 5.97 Å². The minimum atomic E-state index is -0.582. The van der Waals surface area contributed by atoms with Crippen LogP contribution < -0.4 is 18.9 Å². The number of ether oxygens (including phenoxy) is 5. The number of rotatable bonds is 29. The van der Waals surface area contributed by atoms with Crippen molar-refractivity contribution in [1.82, 2.24) is 0 Å². The molecule has 0 spiro atoms. The first-order valence-corrected chi connectivity index (χ1v) is 26.5. The Bertz CT molecular complexity index is 2720. The van der Waals surface area contributed by atoms with E-state index in [2.05, 4.69) is 24.8 Å². The van der Waals surface area contributed by atoms with E-state index in [1.807, 2.05) is 64.1 Å². The van der Waals surface area contributed by atoms with Crippen LogP contribution >= 0.6 is 0 Å². The second kappa shape index (κ2) is 31.4. The number of unbranched alkanes of at least 4 members (excludes halogenated alkanes) is 3. The fourth-order valence-electron chi connectivity index (χ4n) is 9.14. The molecule has 4 aromatic rings. The number of ketones is 4. The molecule has 402 valence electrons. The van der Waals surface area contributed by atoms with Gasteiger partial charge in [0.05, 0.1) is 38.0 Å². The Morgan fingerprint density at radius 1 is 0.434 bits per heavy atom. The van der Waals surface area contributed by atoms with E-state index in [-0.39, 0.29) is 140 Å². The van der Waals surface area contributed by atoms with Crippen LogP contribution in [0.25, 0.3) is 0 Å². The van der Waals surface area contributed by atoms with E-state index in [0.29, 0.717) is 135 Å². The van der Waals surface area contributed by atoms with Crippen LogP contribution in [0.5, 0.6) is 23.0 Å². The molecule has 0 aromatic heterocycles. The predicted molar refractivity (Wildman–Crippen MR) is 293 cm³/mol. The first-order valence-electron chi connectivity index (χ1n) is 26.5. The normalized spacial score (nSPS) is 11.4. The maximum Gasteiger partial charge on any atom is 0.333 e. The molecule has 4 aromatic carbocycles. The molecule has 1 aliphatic rings. The number of fused-ring (bicyclic) bond motifs is 8. The van der Waals surface area contributed by atoms with E-state index in [9.17, 15) is 39.8 Å². The molecule has 0 aliphatic heterocycles. The summed E-state index contributed by atoms with van der Waals surface area (Å²) in [6.45, 7) is 13.3. The van der Waals surface area contributed by atoms with E-state index in [1.165, 1.54) is 0 Å². The van der Waals surface area contributed by atoms with E-state index in [0.717, 1.165) is 0 Å². The largest absolute Gasteiger partial charge is 0.493 e. The van der Waals surface area contributed by atoms with Gasteiger partial charge in [-0.15, -0.1) is 0 Å². The molecule has 5 rings (SSSR count). The van der Waals surface area contributed by atoms with Gasteiger partial charge < -0.3 is 23.7 Å². The fraction of sp³-hybridized carbons (Fsp3) is 0.460. The summed E-state index contributed by atoms with van der Waals surface area (Å²) >= 11 is 0. The quantitative estimate of drug-likeness (QED) is 0.0189. The Kier molecular flexibility index (Phi) is 25.2. The standard InChI is InChI=1S/C62H71N3O10.CH4/c1-7-17-54(66)42-29-46-37-48-31-43(55(67)18-8-2)33-50(59(48)72-25-15-12-22-64)39-52-35-45(57(69)20-10-4)36-53(61(52)74-27-28-75-62(70)41(5)6)40-51-34-44(56(68)19-9-3)32-49(60(51)73-26-16-13-23-65)38-47(30-42)58(46)71-24-14-11-21-63;/h29-36H,5,7-20,24-28,37-40H2,1-4,6H3;1H4. The molecule has 0 amide bonds. The summed E-state index contributed by atoms with van der Waals surface area (Å²) in [6.07, 6.45) is 5.82. The second-order valence-corrected chi connectivity index (χ2v) is 19.0. The minimum absolute atomic E-state index is 0. The van der Waals surface area contributed by atoms with Crippen molar-refractivity contribution in [1.29, 1.82) is 15.8 Å². The summed E-state index contributed by atoms with van der Waals surface area (Å²) in [7, 11) is 0. The third kappa shape index (κ3) is 17.0. The predicted octanol–water partition coefficient (Wildman–Crippen LogP) is 13.5. The van der Waals surface area contributed by atoms with Crippen molar-refractivity contribution in [3.8, 4) is 41.2 Å². The maximum atomic E-state index is 14.2. The summed E-state index contributed by atoms with van der Waals surface area (Å²) in [5.74, 6) is 0.830. The molecule has 76 heavy (non-hydrogen) atoms. The first kappa shape index (κ1) is 61.0. The van der Waals surface area contributed by atoms with Crippen LogP contribution in [0.15, 0.2) is 60.7 Å². The third-order valence-corrected chi connectivity index (χ3v) is 12.6. The zero-order chi connectivity index (χ0) is 54.3. The molecule has 0 fully saturated rings. The molecule has 0 radical (unpaired) electrons. The second-order valence-electron chi connectivity index (χ2n) is 19.0. The zero-order valence-corrected chi connectivity index (χ0v) is 44.5. The van der Waals surface area contributed by atoms with Gasteiger partial charge in [0.1, 0.15) is 36.2 Å².